The fourth-order valence-corrected chi connectivity index (χ4v) is 4.18. The lowest BCUT2D eigenvalue weighted by Gasteiger charge is -2.25. The smallest absolute Gasteiger partial charge is 0.273 e. The number of benzene rings is 1. The van der Waals surface area contributed by atoms with Crippen LogP contribution in [0.4, 0.5) is 5.69 Å². The van der Waals surface area contributed by atoms with E-state index in [0.29, 0.717) is 10.5 Å². The second-order valence-electron chi connectivity index (χ2n) is 6.26. The summed E-state index contributed by atoms with van der Waals surface area (Å²) in [7, 11) is 0. The Kier molecular flexibility index (Phi) is 4.18. The molecule has 0 aliphatic carbocycles. The summed E-state index contributed by atoms with van der Waals surface area (Å²) in [5.41, 5.74) is 1.50. The van der Waals surface area contributed by atoms with Crippen LogP contribution in [0.3, 0.4) is 0 Å². The van der Waals surface area contributed by atoms with Crippen LogP contribution in [0.2, 0.25) is 0 Å². The number of fused-ring (bicyclic) bond motifs is 1. The van der Waals surface area contributed by atoms with Crippen molar-refractivity contribution in [2.24, 2.45) is 0 Å². The first-order valence-electron chi connectivity index (χ1n) is 8.31. The van der Waals surface area contributed by atoms with Gasteiger partial charge in [0.2, 0.25) is 4.96 Å². The Hall–Kier alpha value is -2.39. The minimum Gasteiger partial charge on any atom is -0.296 e. The second kappa shape index (κ2) is 6.49. The maximum Gasteiger partial charge on any atom is 0.273 e. The number of nitro benzene ring substituents is 1. The molecule has 25 heavy (non-hydrogen) atoms. The zero-order chi connectivity index (χ0) is 17.4. The highest BCUT2D eigenvalue weighted by Crippen LogP contribution is 2.32. The summed E-state index contributed by atoms with van der Waals surface area (Å²) in [6.07, 6.45) is 3.73. The number of nitro groups is 1. The van der Waals surface area contributed by atoms with Crippen molar-refractivity contribution < 1.29 is 4.92 Å². The molecule has 0 spiro atoms. The molecule has 0 unspecified atom stereocenters. The van der Waals surface area contributed by atoms with Crippen molar-refractivity contribution in [2.75, 3.05) is 13.1 Å². The lowest BCUT2D eigenvalue weighted by atomic mass is 10.1. The van der Waals surface area contributed by atoms with Gasteiger partial charge in [-0.3, -0.25) is 15.0 Å². The predicted molar refractivity (Wildman–Crippen MR) is 94.6 cm³/mol. The molecule has 2 aromatic heterocycles. The Morgan fingerprint density at radius 3 is 2.80 bits per heavy atom. The largest absolute Gasteiger partial charge is 0.296 e. The fraction of sp³-hybridized carbons (Fsp3) is 0.438. The van der Waals surface area contributed by atoms with Crippen LogP contribution in [0.1, 0.15) is 30.7 Å². The van der Waals surface area contributed by atoms with Crippen molar-refractivity contribution >= 4 is 22.0 Å². The van der Waals surface area contributed by atoms with Crippen LogP contribution in [-0.2, 0) is 6.54 Å². The highest BCUT2D eigenvalue weighted by atomic mass is 32.1. The first-order chi connectivity index (χ1) is 12.1. The van der Waals surface area contributed by atoms with E-state index in [0.717, 1.165) is 36.0 Å². The third kappa shape index (κ3) is 3.00. The average molecular weight is 358 g/mol. The summed E-state index contributed by atoms with van der Waals surface area (Å²) in [6.45, 7) is 4.65. The molecule has 1 aromatic carbocycles. The Labute approximate surface area is 148 Å². The van der Waals surface area contributed by atoms with E-state index in [-0.39, 0.29) is 10.6 Å². The van der Waals surface area contributed by atoms with Crippen molar-refractivity contribution in [2.45, 2.75) is 32.7 Å². The van der Waals surface area contributed by atoms with Crippen LogP contribution in [0.25, 0.3) is 15.5 Å². The lowest BCUT2D eigenvalue weighted by molar-refractivity contribution is -0.385. The minimum absolute atomic E-state index is 0.108. The maximum atomic E-state index is 11.2. The van der Waals surface area contributed by atoms with Gasteiger partial charge in [-0.25, -0.2) is 0 Å². The van der Waals surface area contributed by atoms with Crippen molar-refractivity contribution in [1.82, 2.24) is 24.7 Å². The summed E-state index contributed by atoms with van der Waals surface area (Å²) in [4.78, 5) is 13.9. The van der Waals surface area contributed by atoms with Gasteiger partial charge in [0.05, 0.1) is 11.5 Å². The van der Waals surface area contributed by atoms with Gasteiger partial charge in [-0.05, 0) is 32.9 Å². The van der Waals surface area contributed by atoms with Gasteiger partial charge >= 0.3 is 0 Å². The quantitative estimate of drug-likeness (QED) is 0.526. The van der Waals surface area contributed by atoms with Crippen LogP contribution in [0.5, 0.6) is 0 Å². The summed E-state index contributed by atoms with van der Waals surface area (Å²) in [6, 6.07) is 5.07. The molecule has 3 aromatic rings. The lowest BCUT2D eigenvalue weighted by Crippen LogP contribution is -2.30. The second-order valence-corrected chi connectivity index (χ2v) is 7.22. The van der Waals surface area contributed by atoms with Crippen molar-refractivity contribution in [3.63, 3.8) is 0 Å². The van der Waals surface area contributed by atoms with Gasteiger partial charge in [-0.1, -0.05) is 29.9 Å². The molecule has 1 saturated heterocycles. The number of hydrogen-bond donors (Lipinski definition) is 0. The molecule has 0 saturated carbocycles. The molecule has 9 heteroatoms. The topological polar surface area (TPSA) is 89.5 Å². The van der Waals surface area contributed by atoms with Gasteiger partial charge < -0.3 is 0 Å². The number of nitrogens with zero attached hydrogens (tertiary/aromatic N) is 6. The van der Waals surface area contributed by atoms with Crippen molar-refractivity contribution in [3.8, 4) is 10.6 Å². The molecule has 1 aliphatic heterocycles. The van der Waals surface area contributed by atoms with Gasteiger partial charge in [0, 0.05) is 17.2 Å². The molecule has 8 nitrogen and oxygen atoms in total. The standard InChI is InChI=1S/C16H18N6O2S/c1-11-12(6-5-7-13(11)22(23)24)15-19-21-14(17-18-16(21)25-15)10-20-8-3-2-4-9-20/h5-7H,2-4,8-10H2,1H3. The van der Waals surface area contributed by atoms with E-state index in [4.69, 9.17) is 0 Å². The number of aromatic nitrogens is 4. The summed E-state index contributed by atoms with van der Waals surface area (Å²) >= 11 is 1.40. The van der Waals surface area contributed by atoms with Crippen LogP contribution >= 0.6 is 11.3 Å². The molecule has 1 aliphatic rings. The van der Waals surface area contributed by atoms with E-state index in [1.807, 2.05) is 6.07 Å². The highest BCUT2D eigenvalue weighted by Gasteiger charge is 2.20. The Balaban J connectivity index is 1.68. The van der Waals surface area contributed by atoms with E-state index in [9.17, 15) is 10.1 Å². The molecule has 0 bridgehead atoms. The summed E-state index contributed by atoms with van der Waals surface area (Å²) in [5, 5.41) is 25.0. The van der Waals surface area contributed by atoms with Gasteiger partial charge in [0.1, 0.15) is 5.01 Å². The van der Waals surface area contributed by atoms with E-state index >= 15 is 0 Å². The van der Waals surface area contributed by atoms with Gasteiger partial charge in [0.25, 0.3) is 5.69 Å². The van der Waals surface area contributed by atoms with Crippen LogP contribution in [0, 0.1) is 17.0 Å². The summed E-state index contributed by atoms with van der Waals surface area (Å²) < 4.78 is 1.77. The molecular formula is C16H18N6O2S. The van der Waals surface area contributed by atoms with E-state index in [1.165, 1.54) is 36.7 Å². The number of likely N-dealkylation sites (tertiary alicyclic amines) is 1. The predicted octanol–water partition coefficient (Wildman–Crippen LogP) is 3.06. The monoisotopic (exact) mass is 358 g/mol. The van der Waals surface area contributed by atoms with E-state index in [1.54, 1.807) is 17.5 Å². The van der Waals surface area contributed by atoms with Crippen molar-refractivity contribution in [3.05, 3.63) is 39.7 Å². The van der Waals surface area contributed by atoms with E-state index < -0.39 is 0 Å². The molecular weight excluding hydrogens is 340 g/mol. The maximum absolute atomic E-state index is 11.2. The van der Waals surface area contributed by atoms with Gasteiger partial charge in [-0.2, -0.15) is 9.61 Å². The number of hydrogen-bond acceptors (Lipinski definition) is 7. The van der Waals surface area contributed by atoms with Crippen molar-refractivity contribution in [1.29, 1.82) is 0 Å². The first kappa shape index (κ1) is 16.1. The molecule has 0 amide bonds. The normalized spacial score (nSPS) is 15.7. The third-order valence-electron chi connectivity index (χ3n) is 4.60. The van der Waals surface area contributed by atoms with Crippen LogP contribution in [0.15, 0.2) is 18.2 Å². The number of rotatable bonds is 4. The van der Waals surface area contributed by atoms with E-state index in [2.05, 4.69) is 20.2 Å². The Morgan fingerprint density at radius 2 is 2.04 bits per heavy atom. The minimum atomic E-state index is -0.360. The molecule has 0 atom stereocenters. The summed E-state index contributed by atoms with van der Waals surface area (Å²) in [5.74, 6) is 0.822. The molecule has 0 N–H and O–H groups in total. The molecule has 130 valence electrons. The zero-order valence-corrected chi connectivity index (χ0v) is 14.7. The molecule has 3 heterocycles. The molecule has 0 radical (unpaired) electrons. The van der Waals surface area contributed by atoms with Crippen LogP contribution < -0.4 is 0 Å². The van der Waals surface area contributed by atoms with Crippen LogP contribution in [-0.4, -0.2) is 42.7 Å². The number of piperidine rings is 1. The zero-order valence-electron chi connectivity index (χ0n) is 13.9. The Morgan fingerprint density at radius 1 is 1.24 bits per heavy atom. The fourth-order valence-electron chi connectivity index (χ4n) is 3.24. The average Bonchev–Trinajstić information content (AvgIpc) is 3.18. The third-order valence-corrected chi connectivity index (χ3v) is 5.53. The SMILES string of the molecule is Cc1c(-c2nn3c(CN4CCCCC4)nnc3s2)cccc1[N+](=O)[O-]. The highest BCUT2D eigenvalue weighted by molar-refractivity contribution is 7.19. The molecule has 4 rings (SSSR count). The molecule has 1 fully saturated rings. The van der Waals surface area contributed by atoms with Gasteiger partial charge in [0.15, 0.2) is 5.82 Å². The Bertz CT molecular complexity index is 928. The van der Waals surface area contributed by atoms with Gasteiger partial charge in [-0.15, -0.1) is 10.2 Å². The first-order valence-corrected chi connectivity index (χ1v) is 9.13.